The first-order chi connectivity index (χ1) is 15.2. The van der Waals surface area contributed by atoms with Gasteiger partial charge in [0.2, 0.25) is 0 Å². The van der Waals surface area contributed by atoms with E-state index in [0.29, 0.717) is 12.1 Å². The van der Waals surface area contributed by atoms with Gasteiger partial charge in [0.25, 0.3) is 0 Å². The fourth-order valence-corrected chi connectivity index (χ4v) is 4.71. The van der Waals surface area contributed by atoms with E-state index in [9.17, 15) is 0 Å². The number of nitrogens with zero attached hydrogens (tertiary/aromatic N) is 4. The number of rotatable bonds is 16. The molecular formula is C24H50N4O3. The van der Waals surface area contributed by atoms with Crippen LogP contribution in [-0.4, -0.2) is 137 Å². The molecule has 184 valence electrons. The Morgan fingerprint density at radius 2 is 1.00 bits per heavy atom. The Morgan fingerprint density at radius 3 is 1.32 bits per heavy atom. The van der Waals surface area contributed by atoms with E-state index in [-0.39, 0.29) is 0 Å². The van der Waals surface area contributed by atoms with Crippen LogP contribution in [0.4, 0.5) is 0 Å². The predicted octanol–water partition coefficient (Wildman–Crippen LogP) is 1.87. The van der Waals surface area contributed by atoms with Crippen LogP contribution in [-0.2, 0) is 14.2 Å². The second-order valence-electron chi connectivity index (χ2n) is 8.77. The minimum absolute atomic E-state index is 0.484. The highest BCUT2D eigenvalue weighted by Crippen LogP contribution is 2.13. The lowest BCUT2D eigenvalue weighted by Gasteiger charge is -2.37. The van der Waals surface area contributed by atoms with E-state index >= 15 is 0 Å². The SMILES string of the molecule is CCN(CC)CCC(COCC(CCN(CC)CC)N1CCOCC1)N1CCOCC1. The Labute approximate surface area is 192 Å². The third kappa shape index (κ3) is 10.0. The second-order valence-corrected chi connectivity index (χ2v) is 8.77. The lowest BCUT2D eigenvalue weighted by Crippen LogP contribution is -2.49. The zero-order valence-corrected chi connectivity index (χ0v) is 20.9. The summed E-state index contributed by atoms with van der Waals surface area (Å²) in [7, 11) is 0. The maximum atomic E-state index is 6.46. The monoisotopic (exact) mass is 442 g/mol. The van der Waals surface area contributed by atoms with E-state index in [2.05, 4.69) is 47.3 Å². The average molecular weight is 443 g/mol. The molecule has 0 radical (unpaired) electrons. The van der Waals surface area contributed by atoms with Crippen molar-refractivity contribution >= 4 is 0 Å². The van der Waals surface area contributed by atoms with Gasteiger partial charge in [0.15, 0.2) is 0 Å². The molecule has 7 heteroatoms. The molecule has 0 spiro atoms. The quantitative estimate of drug-likeness (QED) is 0.361. The van der Waals surface area contributed by atoms with Crippen LogP contribution >= 0.6 is 0 Å². The summed E-state index contributed by atoms with van der Waals surface area (Å²) in [5, 5.41) is 0. The topological polar surface area (TPSA) is 40.7 Å². The Balaban J connectivity index is 1.88. The summed E-state index contributed by atoms with van der Waals surface area (Å²) >= 11 is 0. The van der Waals surface area contributed by atoms with Crippen LogP contribution in [0, 0.1) is 0 Å². The maximum absolute atomic E-state index is 6.46. The maximum Gasteiger partial charge on any atom is 0.0623 e. The van der Waals surface area contributed by atoms with Crippen LogP contribution in [0.2, 0.25) is 0 Å². The summed E-state index contributed by atoms with van der Waals surface area (Å²) in [5.74, 6) is 0. The first kappa shape index (κ1) is 27.0. The van der Waals surface area contributed by atoms with Gasteiger partial charge in [0.05, 0.1) is 39.6 Å². The highest BCUT2D eigenvalue weighted by molar-refractivity contribution is 4.78. The lowest BCUT2D eigenvalue weighted by atomic mass is 10.1. The van der Waals surface area contributed by atoms with E-state index in [0.717, 1.165) is 105 Å². The van der Waals surface area contributed by atoms with Crippen molar-refractivity contribution in [1.29, 1.82) is 0 Å². The van der Waals surface area contributed by atoms with Gasteiger partial charge in [-0.3, -0.25) is 9.80 Å². The molecule has 0 bridgehead atoms. The van der Waals surface area contributed by atoms with Crippen LogP contribution in [0.1, 0.15) is 40.5 Å². The summed E-state index contributed by atoms with van der Waals surface area (Å²) in [6, 6.07) is 0.968. The molecule has 2 heterocycles. The summed E-state index contributed by atoms with van der Waals surface area (Å²) in [6.07, 6.45) is 2.34. The first-order valence-electron chi connectivity index (χ1n) is 12.9. The van der Waals surface area contributed by atoms with Gasteiger partial charge < -0.3 is 24.0 Å². The summed E-state index contributed by atoms with van der Waals surface area (Å²) < 4.78 is 17.7. The van der Waals surface area contributed by atoms with Gasteiger partial charge in [-0.25, -0.2) is 0 Å². The Hall–Kier alpha value is -0.280. The molecule has 7 nitrogen and oxygen atoms in total. The average Bonchev–Trinajstić information content (AvgIpc) is 2.83. The third-order valence-electron chi connectivity index (χ3n) is 7.09. The highest BCUT2D eigenvalue weighted by Gasteiger charge is 2.25. The van der Waals surface area contributed by atoms with E-state index < -0.39 is 0 Å². The smallest absolute Gasteiger partial charge is 0.0623 e. The van der Waals surface area contributed by atoms with Gasteiger partial charge in [-0.05, 0) is 52.1 Å². The number of hydrogen-bond donors (Lipinski definition) is 0. The Bertz CT molecular complexity index is 385. The van der Waals surface area contributed by atoms with Crippen molar-refractivity contribution in [3.05, 3.63) is 0 Å². The second kappa shape index (κ2) is 16.4. The van der Waals surface area contributed by atoms with Crippen molar-refractivity contribution in [2.75, 3.05) is 105 Å². The van der Waals surface area contributed by atoms with Crippen molar-refractivity contribution in [3.63, 3.8) is 0 Å². The Kier molecular flexibility index (Phi) is 14.2. The fourth-order valence-electron chi connectivity index (χ4n) is 4.71. The molecule has 2 unspecified atom stereocenters. The lowest BCUT2D eigenvalue weighted by molar-refractivity contribution is -0.0398. The molecule has 0 aliphatic carbocycles. The molecule has 2 saturated heterocycles. The van der Waals surface area contributed by atoms with Gasteiger partial charge in [0.1, 0.15) is 0 Å². The van der Waals surface area contributed by atoms with E-state index in [1.54, 1.807) is 0 Å². The molecule has 0 saturated carbocycles. The standard InChI is InChI=1S/C24H50N4O3/c1-5-25(6-2)11-9-23(27-13-17-29-18-14-27)21-31-22-24(10-12-26(7-3)8-4)28-15-19-30-20-16-28/h23-24H,5-22H2,1-4H3. The van der Waals surface area contributed by atoms with Crippen molar-refractivity contribution in [2.45, 2.75) is 52.6 Å². The summed E-state index contributed by atoms with van der Waals surface area (Å²) in [6.45, 7) is 25.0. The predicted molar refractivity (Wildman–Crippen MR) is 128 cm³/mol. The molecular weight excluding hydrogens is 392 g/mol. The minimum Gasteiger partial charge on any atom is -0.379 e. The number of hydrogen-bond acceptors (Lipinski definition) is 7. The fraction of sp³-hybridized carbons (Fsp3) is 1.00. The molecule has 2 rings (SSSR count). The largest absolute Gasteiger partial charge is 0.379 e. The van der Waals surface area contributed by atoms with Gasteiger partial charge in [0, 0.05) is 38.3 Å². The zero-order chi connectivity index (χ0) is 22.3. The van der Waals surface area contributed by atoms with Crippen LogP contribution in [0.3, 0.4) is 0 Å². The number of morpholine rings is 2. The first-order valence-corrected chi connectivity index (χ1v) is 12.9. The van der Waals surface area contributed by atoms with Crippen molar-refractivity contribution in [1.82, 2.24) is 19.6 Å². The Morgan fingerprint density at radius 1 is 0.645 bits per heavy atom. The van der Waals surface area contributed by atoms with Crippen LogP contribution in [0.5, 0.6) is 0 Å². The van der Waals surface area contributed by atoms with Gasteiger partial charge >= 0.3 is 0 Å². The van der Waals surface area contributed by atoms with Crippen molar-refractivity contribution < 1.29 is 14.2 Å². The number of ether oxygens (including phenoxy) is 3. The van der Waals surface area contributed by atoms with Crippen LogP contribution < -0.4 is 0 Å². The summed E-state index contributed by atoms with van der Waals surface area (Å²) in [5.41, 5.74) is 0. The third-order valence-corrected chi connectivity index (χ3v) is 7.09. The van der Waals surface area contributed by atoms with E-state index in [4.69, 9.17) is 14.2 Å². The molecule has 0 aromatic carbocycles. The highest BCUT2D eigenvalue weighted by atomic mass is 16.5. The normalized spacial score (nSPS) is 21.1. The molecule has 2 fully saturated rings. The molecule has 2 aliphatic heterocycles. The van der Waals surface area contributed by atoms with Gasteiger partial charge in [-0.15, -0.1) is 0 Å². The molecule has 0 aromatic heterocycles. The minimum atomic E-state index is 0.484. The molecule has 0 N–H and O–H groups in total. The van der Waals surface area contributed by atoms with E-state index in [1.165, 1.54) is 12.8 Å². The molecule has 0 aromatic rings. The van der Waals surface area contributed by atoms with Crippen molar-refractivity contribution in [2.24, 2.45) is 0 Å². The molecule has 31 heavy (non-hydrogen) atoms. The molecule has 0 amide bonds. The zero-order valence-electron chi connectivity index (χ0n) is 20.9. The van der Waals surface area contributed by atoms with Crippen LogP contribution in [0.25, 0.3) is 0 Å². The summed E-state index contributed by atoms with van der Waals surface area (Å²) in [4.78, 5) is 10.2. The van der Waals surface area contributed by atoms with Crippen molar-refractivity contribution in [3.8, 4) is 0 Å². The van der Waals surface area contributed by atoms with Crippen LogP contribution in [0.15, 0.2) is 0 Å². The van der Waals surface area contributed by atoms with Gasteiger partial charge in [-0.1, -0.05) is 27.7 Å². The molecule has 2 atom stereocenters. The molecule has 2 aliphatic rings. The van der Waals surface area contributed by atoms with E-state index in [1.807, 2.05) is 0 Å². The van der Waals surface area contributed by atoms with Gasteiger partial charge in [-0.2, -0.15) is 0 Å².